The van der Waals surface area contributed by atoms with E-state index in [0.29, 0.717) is 19.8 Å². The molecule has 114 valence electrons. The van der Waals surface area contributed by atoms with Crippen LogP contribution >= 0.6 is 0 Å². The number of hydrogen-bond donors (Lipinski definition) is 1. The van der Waals surface area contributed by atoms with E-state index in [1.54, 1.807) is 14.2 Å². The molecule has 0 bridgehead atoms. The summed E-state index contributed by atoms with van der Waals surface area (Å²) in [6.45, 7) is 7.64. The molecule has 0 radical (unpaired) electrons. The second kappa shape index (κ2) is 9.08. The Hall–Kier alpha value is -0.940. The third-order valence-corrected chi connectivity index (χ3v) is 3.57. The molecular weight excluding hydrogens is 254 g/mol. The summed E-state index contributed by atoms with van der Waals surface area (Å²) in [5.41, 5.74) is 3.42. The third kappa shape index (κ3) is 5.59. The van der Waals surface area contributed by atoms with E-state index in [4.69, 9.17) is 9.47 Å². The molecule has 1 rings (SSSR count). The lowest BCUT2D eigenvalue weighted by molar-refractivity contribution is 0.0696. The molecule has 0 fully saturated rings. The van der Waals surface area contributed by atoms with E-state index >= 15 is 0 Å². The molecule has 0 spiro atoms. The first kappa shape index (κ1) is 17.1. The van der Waals surface area contributed by atoms with Crippen molar-refractivity contribution in [1.29, 1.82) is 0 Å². The number of methoxy groups -OCH3 is 2. The Labute approximate surface area is 122 Å². The summed E-state index contributed by atoms with van der Waals surface area (Å²) in [5.74, 6) is 0. The monoisotopic (exact) mass is 281 g/mol. The summed E-state index contributed by atoms with van der Waals surface area (Å²) in [7, 11) is 3.38. The van der Waals surface area contributed by atoms with Gasteiger partial charge in [-0.05, 0) is 30.5 Å². The highest BCUT2D eigenvalue weighted by atomic mass is 16.5. The normalized spacial score (nSPS) is 12.9. The van der Waals surface area contributed by atoms with E-state index < -0.39 is 6.10 Å². The van der Waals surface area contributed by atoms with Crippen molar-refractivity contribution in [2.45, 2.75) is 20.0 Å². The van der Waals surface area contributed by atoms with Crippen molar-refractivity contribution in [2.24, 2.45) is 0 Å². The maximum atomic E-state index is 10.4. The number of rotatable bonds is 9. The maximum Gasteiger partial charge on any atom is 0.0917 e. The summed E-state index contributed by atoms with van der Waals surface area (Å²) < 4.78 is 10.2. The number of hydrogen-bond acceptors (Lipinski definition) is 4. The quantitative estimate of drug-likeness (QED) is 0.751. The molecule has 1 atom stereocenters. The van der Waals surface area contributed by atoms with Crippen LogP contribution in [0.5, 0.6) is 0 Å². The molecule has 0 aliphatic carbocycles. The SMILES string of the molecule is COCCN(CCOC)CC(O)c1ccc(C)c(C)c1. The Morgan fingerprint density at radius 3 is 2.15 bits per heavy atom. The minimum absolute atomic E-state index is 0.483. The van der Waals surface area contributed by atoms with Crippen molar-refractivity contribution in [1.82, 2.24) is 4.90 Å². The minimum atomic E-state index is -0.483. The number of aryl methyl sites for hydroxylation is 2. The van der Waals surface area contributed by atoms with E-state index in [2.05, 4.69) is 30.9 Å². The lowest BCUT2D eigenvalue weighted by Gasteiger charge is -2.25. The Bertz CT molecular complexity index is 387. The lowest BCUT2D eigenvalue weighted by atomic mass is 10.0. The van der Waals surface area contributed by atoms with E-state index in [9.17, 15) is 5.11 Å². The zero-order valence-corrected chi connectivity index (χ0v) is 13.1. The van der Waals surface area contributed by atoms with Crippen LogP contribution < -0.4 is 0 Å². The van der Waals surface area contributed by atoms with Gasteiger partial charge in [0.15, 0.2) is 0 Å². The van der Waals surface area contributed by atoms with Gasteiger partial charge < -0.3 is 14.6 Å². The minimum Gasteiger partial charge on any atom is -0.387 e. The average molecular weight is 281 g/mol. The predicted octanol–water partition coefficient (Wildman–Crippen LogP) is 1.93. The van der Waals surface area contributed by atoms with Gasteiger partial charge in [0.25, 0.3) is 0 Å². The first-order valence-electron chi connectivity index (χ1n) is 7.04. The van der Waals surface area contributed by atoms with Crippen molar-refractivity contribution >= 4 is 0 Å². The van der Waals surface area contributed by atoms with Crippen LogP contribution in [-0.2, 0) is 9.47 Å². The van der Waals surface area contributed by atoms with Gasteiger partial charge in [-0.3, -0.25) is 4.90 Å². The van der Waals surface area contributed by atoms with Crippen LogP contribution in [0.15, 0.2) is 18.2 Å². The molecule has 0 amide bonds. The van der Waals surface area contributed by atoms with Crippen molar-refractivity contribution < 1.29 is 14.6 Å². The third-order valence-electron chi connectivity index (χ3n) is 3.57. The highest BCUT2D eigenvalue weighted by Crippen LogP contribution is 2.18. The Morgan fingerprint density at radius 1 is 1.05 bits per heavy atom. The van der Waals surface area contributed by atoms with Gasteiger partial charge in [0, 0.05) is 33.9 Å². The van der Waals surface area contributed by atoms with Gasteiger partial charge in [-0.25, -0.2) is 0 Å². The average Bonchev–Trinajstić information content (AvgIpc) is 2.44. The van der Waals surface area contributed by atoms with Gasteiger partial charge in [-0.2, -0.15) is 0 Å². The molecule has 4 nitrogen and oxygen atoms in total. The van der Waals surface area contributed by atoms with E-state index in [-0.39, 0.29) is 0 Å². The van der Waals surface area contributed by atoms with Crippen molar-refractivity contribution in [2.75, 3.05) is 47.1 Å². The second-order valence-corrected chi connectivity index (χ2v) is 5.15. The van der Waals surface area contributed by atoms with E-state index in [1.807, 2.05) is 6.07 Å². The number of ether oxygens (including phenoxy) is 2. The molecule has 1 unspecified atom stereocenters. The zero-order valence-electron chi connectivity index (χ0n) is 13.1. The summed E-state index contributed by atoms with van der Waals surface area (Å²) in [4.78, 5) is 2.16. The number of aliphatic hydroxyl groups excluding tert-OH is 1. The molecule has 0 aliphatic heterocycles. The molecule has 0 aliphatic rings. The van der Waals surface area contributed by atoms with Crippen molar-refractivity contribution in [3.05, 3.63) is 34.9 Å². The number of nitrogens with zero attached hydrogens (tertiary/aromatic N) is 1. The molecule has 0 saturated carbocycles. The summed E-state index contributed by atoms with van der Waals surface area (Å²) in [6, 6.07) is 6.12. The molecule has 1 aromatic rings. The number of aliphatic hydroxyl groups is 1. The Morgan fingerprint density at radius 2 is 1.65 bits per heavy atom. The van der Waals surface area contributed by atoms with Crippen LogP contribution in [0.25, 0.3) is 0 Å². The Kier molecular flexibility index (Phi) is 7.77. The van der Waals surface area contributed by atoms with Crippen LogP contribution in [0.2, 0.25) is 0 Å². The smallest absolute Gasteiger partial charge is 0.0917 e. The number of benzene rings is 1. The molecule has 1 aromatic carbocycles. The second-order valence-electron chi connectivity index (χ2n) is 5.15. The van der Waals surface area contributed by atoms with Crippen LogP contribution in [-0.4, -0.2) is 57.1 Å². The molecule has 0 saturated heterocycles. The first-order valence-corrected chi connectivity index (χ1v) is 7.04. The molecule has 0 aromatic heterocycles. The standard InChI is InChI=1S/C16H27NO3/c1-13-5-6-15(11-14(13)2)16(18)12-17(7-9-19-3)8-10-20-4/h5-6,11,16,18H,7-10,12H2,1-4H3. The molecule has 4 heteroatoms. The van der Waals surface area contributed by atoms with Crippen LogP contribution in [0, 0.1) is 13.8 Å². The first-order chi connectivity index (χ1) is 9.58. The summed E-state index contributed by atoms with van der Waals surface area (Å²) in [5, 5.41) is 10.4. The molecule has 0 heterocycles. The zero-order chi connectivity index (χ0) is 15.0. The molecule has 20 heavy (non-hydrogen) atoms. The van der Waals surface area contributed by atoms with Gasteiger partial charge in [0.2, 0.25) is 0 Å². The van der Waals surface area contributed by atoms with Gasteiger partial charge in [0.05, 0.1) is 19.3 Å². The topological polar surface area (TPSA) is 41.9 Å². The largest absolute Gasteiger partial charge is 0.387 e. The highest BCUT2D eigenvalue weighted by Gasteiger charge is 2.14. The fraction of sp³-hybridized carbons (Fsp3) is 0.625. The van der Waals surface area contributed by atoms with Gasteiger partial charge >= 0.3 is 0 Å². The lowest BCUT2D eigenvalue weighted by Crippen LogP contribution is -2.34. The predicted molar refractivity (Wildman–Crippen MR) is 81.1 cm³/mol. The van der Waals surface area contributed by atoms with Crippen LogP contribution in [0.3, 0.4) is 0 Å². The van der Waals surface area contributed by atoms with Gasteiger partial charge in [-0.1, -0.05) is 18.2 Å². The highest BCUT2D eigenvalue weighted by molar-refractivity contribution is 5.31. The van der Waals surface area contributed by atoms with E-state index in [1.165, 1.54) is 11.1 Å². The summed E-state index contributed by atoms with van der Waals surface area (Å²) in [6.07, 6.45) is -0.483. The molecule has 1 N–H and O–H groups in total. The van der Waals surface area contributed by atoms with Crippen LogP contribution in [0.1, 0.15) is 22.8 Å². The maximum absolute atomic E-state index is 10.4. The van der Waals surface area contributed by atoms with Crippen LogP contribution in [0.4, 0.5) is 0 Å². The van der Waals surface area contributed by atoms with E-state index in [0.717, 1.165) is 18.7 Å². The fourth-order valence-corrected chi connectivity index (χ4v) is 2.06. The molecular formula is C16H27NO3. The van der Waals surface area contributed by atoms with Crippen molar-refractivity contribution in [3.63, 3.8) is 0 Å². The summed E-state index contributed by atoms with van der Waals surface area (Å²) >= 11 is 0. The van der Waals surface area contributed by atoms with Crippen molar-refractivity contribution in [3.8, 4) is 0 Å². The van der Waals surface area contributed by atoms with Gasteiger partial charge in [-0.15, -0.1) is 0 Å². The Balaban J connectivity index is 2.62. The van der Waals surface area contributed by atoms with Gasteiger partial charge in [0.1, 0.15) is 0 Å². The fourth-order valence-electron chi connectivity index (χ4n) is 2.06.